The van der Waals surface area contributed by atoms with Gasteiger partial charge in [0.15, 0.2) is 0 Å². The van der Waals surface area contributed by atoms with E-state index in [-0.39, 0.29) is 0 Å². The second-order valence-electron chi connectivity index (χ2n) is 3.11. The van der Waals surface area contributed by atoms with Gasteiger partial charge in [-0.25, -0.2) is 0 Å². The van der Waals surface area contributed by atoms with Crippen molar-refractivity contribution in [3.8, 4) is 0 Å². The molecule has 1 aromatic rings. The van der Waals surface area contributed by atoms with E-state index in [2.05, 4.69) is 17.2 Å². The van der Waals surface area contributed by atoms with Gasteiger partial charge in [-0.3, -0.25) is 4.98 Å². The van der Waals surface area contributed by atoms with Crippen LogP contribution in [0.5, 0.6) is 0 Å². The maximum atomic E-state index is 4.03. The molecule has 1 aromatic heterocycles. The predicted molar refractivity (Wildman–Crippen MR) is 45.6 cm³/mol. The molecule has 0 radical (unpaired) electrons. The van der Waals surface area contributed by atoms with Crippen LogP contribution in [0.1, 0.15) is 18.4 Å². The van der Waals surface area contributed by atoms with E-state index in [0.29, 0.717) is 0 Å². The minimum Gasteiger partial charge on any atom is -0.382 e. The fourth-order valence-electron chi connectivity index (χ4n) is 1.08. The van der Waals surface area contributed by atoms with Crippen molar-refractivity contribution in [3.05, 3.63) is 24.0 Å². The van der Waals surface area contributed by atoms with E-state index in [1.54, 1.807) is 0 Å². The molecule has 0 spiro atoms. The molecule has 58 valence electrons. The van der Waals surface area contributed by atoms with Gasteiger partial charge in [0.05, 0.1) is 0 Å². The maximum Gasteiger partial charge on any atom is 0.0402 e. The number of aryl methyl sites for hydroxylation is 1. The van der Waals surface area contributed by atoms with Crippen LogP contribution in [0.3, 0.4) is 0 Å². The fourth-order valence-corrected chi connectivity index (χ4v) is 1.08. The number of hydrogen-bond donors (Lipinski definition) is 1. The van der Waals surface area contributed by atoms with Gasteiger partial charge in [0.25, 0.3) is 0 Å². The summed E-state index contributed by atoms with van der Waals surface area (Å²) in [5.41, 5.74) is 2.47. The highest BCUT2D eigenvalue weighted by Gasteiger charge is 2.20. The van der Waals surface area contributed by atoms with Crippen LogP contribution in [-0.4, -0.2) is 11.0 Å². The summed E-state index contributed by atoms with van der Waals surface area (Å²) in [6.07, 6.45) is 6.37. The maximum absolute atomic E-state index is 4.03. The van der Waals surface area contributed by atoms with Crippen LogP contribution in [0.4, 0.5) is 5.69 Å². The first-order valence-electron chi connectivity index (χ1n) is 4.03. The van der Waals surface area contributed by atoms with E-state index in [9.17, 15) is 0 Å². The Morgan fingerprint density at radius 2 is 2.36 bits per heavy atom. The van der Waals surface area contributed by atoms with Gasteiger partial charge in [-0.2, -0.15) is 0 Å². The molecule has 0 amide bonds. The molecular weight excluding hydrogens is 136 g/mol. The zero-order chi connectivity index (χ0) is 7.68. The topological polar surface area (TPSA) is 24.9 Å². The molecule has 0 atom stereocenters. The van der Waals surface area contributed by atoms with Gasteiger partial charge in [-0.1, -0.05) is 0 Å². The van der Waals surface area contributed by atoms with E-state index >= 15 is 0 Å². The molecule has 1 N–H and O–H groups in total. The molecule has 0 saturated heterocycles. The van der Waals surface area contributed by atoms with E-state index in [0.717, 1.165) is 6.04 Å². The third-order valence-electron chi connectivity index (χ3n) is 1.96. The lowest BCUT2D eigenvalue weighted by Gasteiger charge is -2.05. The van der Waals surface area contributed by atoms with Crippen molar-refractivity contribution >= 4 is 5.69 Å². The number of rotatable bonds is 2. The van der Waals surface area contributed by atoms with Crippen molar-refractivity contribution in [3.63, 3.8) is 0 Å². The summed E-state index contributed by atoms with van der Waals surface area (Å²) in [5, 5.41) is 3.44. The van der Waals surface area contributed by atoms with E-state index < -0.39 is 0 Å². The van der Waals surface area contributed by atoms with Crippen molar-refractivity contribution in [1.82, 2.24) is 4.98 Å². The number of nitrogens with one attached hydrogen (secondary N) is 1. The summed E-state index contributed by atoms with van der Waals surface area (Å²) in [4.78, 5) is 4.03. The molecule has 1 fully saturated rings. The second-order valence-corrected chi connectivity index (χ2v) is 3.11. The lowest BCUT2D eigenvalue weighted by molar-refractivity contribution is 1.13. The SMILES string of the molecule is Cc1cnccc1NC1CC1. The number of pyridine rings is 1. The molecule has 1 saturated carbocycles. The summed E-state index contributed by atoms with van der Waals surface area (Å²) >= 11 is 0. The van der Waals surface area contributed by atoms with Crippen molar-refractivity contribution < 1.29 is 0 Å². The zero-order valence-electron chi connectivity index (χ0n) is 6.67. The minimum atomic E-state index is 0.732. The third-order valence-corrected chi connectivity index (χ3v) is 1.96. The summed E-state index contributed by atoms with van der Waals surface area (Å²) in [6, 6.07) is 2.77. The molecular formula is C9H12N2. The number of anilines is 1. The first-order chi connectivity index (χ1) is 5.36. The van der Waals surface area contributed by atoms with Crippen LogP contribution in [0, 0.1) is 6.92 Å². The largest absolute Gasteiger partial charge is 0.382 e. The molecule has 2 nitrogen and oxygen atoms in total. The summed E-state index contributed by atoms with van der Waals surface area (Å²) in [6.45, 7) is 2.08. The average Bonchev–Trinajstić information content (AvgIpc) is 2.78. The first kappa shape index (κ1) is 6.65. The Morgan fingerprint density at radius 1 is 1.55 bits per heavy atom. The summed E-state index contributed by atoms with van der Waals surface area (Å²) in [7, 11) is 0. The quantitative estimate of drug-likeness (QED) is 0.693. The Labute approximate surface area is 66.7 Å². The van der Waals surface area contributed by atoms with Crippen LogP contribution in [0.25, 0.3) is 0 Å². The molecule has 0 unspecified atom stereocenters. The Bertz CT molecular complexity index is 253. The summed E-state index contributed by atoms with van der Waals surface area (Å²) < 4.78 is 0. The van der Waals surface area contributed by atoms with E-state index in [1.165, 1.54) is 24.1 Å². The van der Waals surface area contributed by atoms with Crippen molar-refractivity contribution in [2.75, 3.05) is 5.32 Å². The standard InChI is InChI=1S/C9H12N2/c1-7-6-10-5-4-9(7)11-8-2-3-8/h4-6,8H,2-3H2,1H3,(H,10,11). The highest BCUT2D eigenvalue weighted by molar-refractivity contribution is 5.50. The first-order valence-corrected chi connectivity index (χ1v) is 4.03. The predicted octanol–water partition coefficient (Wildman–Crippen LogP) is 1.96. The van der Waals surface area contributed by atoms with Crippen LogP contribution >= 0.6 is 0 Å². The monoisotopic (exact) mass is 148 g/mol. The smallest absolute Gasteiger partial charge is 0.0402 e. The van der Waals surface area contributed by atoms with Crippen molar-refractivity contribution in [2.24, 2.45) is 0 Å². The Kier molecular flexibility index (Phi) is 1.53. The lowest BCUT2D eigenvalue weighted by Crippen LogP contribution is -2.02. The van der Waals surface area contributed by atoms with Gasteiger partial charge >= 0.3 is 0 Å². The Balaban J connectivity index is 2.15. The average molecular weight is 148 g/mol. The molecule has 0 bridgehead atoms. The van der Waals surface area contributed by atoms with Gasteiger partial charge in [0, 0.05) is 24.1 Å². The molecule has 1 aliphatic rings. The fraction of sp³-hybridized carbons (Fsp3) is 0.444. The molecule has 11 heavy (non-hydrogen) atoms. The number of hydrogen-bond acceptors (Lipinski definition) is 2. The third kappa shape index (κ3) is 1.50. The molecule has 0 aromatic carbocycles. The van der Waals surface area contributed by atoms with E-state index in [4.69, 9.17) is 0 Å². The van der Waals surface area contributed by atoms with Gasteiger partial charge in [-0.05, 0) is 31.4 Å². The molecule has 1 heterocycles. The van der Waals surface area contributed by atoms with Gasteiger partial charge in [0.2, 0.25) is 0 Å². The Hall–Kier alpha value is -1.05. The van der Waals surface area contributed by atoms with Crippen molar-refractivity contribution in [1.29, 1.82) is 0 Å². The van der Waals surface area contributed by atoms with Gasteiger partial charge < -0.3 is 5.32 Å². The van der Waals surface area contributed by atoms with Gasteiger partial charge in [-0.15, -0.1) is 0 Å². The highest BCUT2D eigenvalue weighted by atomic mass is 15.0. The summed E-state index contributed by atoms with van der Waals surface area (Å²) in [5.74, 6) is 0. The normalized spacial score (nSPS) is 16.5. The number of aromatic nitrogens is 1. The van der Waals surface area contributed by atoms with Gasteiger partial charge in [0.1, 0.15) is 0 Å². The minimum absolute atomic E-state index is 0.732. The van der Waals surface area contributed by atoms with E-state index in [1.807, 2.05) is 18.5 Å². The number of nitrogens with zero attached hydrogens (tertiary/aromatic N) is 1. The zero-order valence-corrected chi connectivity index (χ0v) is 6.67. The highest BCUT2D eigenvalue weighted by Crippen LogP contribution is 2.25. The second kappa shape index (κ2) is 2.53. The van der Waals surface area contributed by atoms with Crippen molar-refractivity contribution in [2.45, 2.75) is 25.8 Å². The molecule has 2 rings (SSSR count). The molecule has 2 heteroatoms. The van der Waals surface area contributed by atoms with Crippen LogP contribution in [0.15, 0.2) is 18.5 Å². The molecule has 0 aliphatic heterocycles. The lowest BCUT2D eigenvalue weighted by atomic mass is 10.2. The molecule has 1 aliphatic carbocycles. The Morgan fingerprint density at radius 3 is 3.00 bits per heavy atom. The van der Waals surface area contributed by atoms with Crippen LogP contribution in [0.2, 0.25) is 0 Å². The van der Waals surface area contributed by atoms with Crippen LogP contribution < -0.4 is 5.32 Å². The van der Waals surface area contributed by atoms with Crippen LogP contribution in [-0.2, 0) is 0 Å².